The molecule has 1 aliphatic carbocycles. The molecule has 1 amide bonds. The van der Waals surface area contributed by atoms with Gasteiger partial charge in [-0.1, -0.05) is 48.5 Å². The highest BCUT2D eigenvalue weighted by atomic mass is 32.2. The van der Waals surface area contributed by atoms with E-state index in [0.29, 0.717) is 19.4 Å². The lowest BCUT2D eigenvalue weighted by Crippen LogP contribution is -2.44. The van der Waals surface area contributed by atoms with Crippen molar-refractivity contribution < 1.29 is 27.5 Å². The van der Waals surface area contributed by atoms with Gasteiger partial charge < -0.3 is 20.5 Å². The molecule has 0 bridgehead atoms. The van der Waals surface area contributed by atoms with Gasteiger partial charge in [-0.25, -0.2) is 13.2 Å². The van der Waals surface area contributed by atoms with Crippen molar-refractivity contribution in [3.05, 3.63) is 59.7 Å². The summed E-state index contributed by atoms with van der Waals surface area (Å²) in [5.41, 5.74) is 9.20. The first-order chi connectivity index (χ1) is 17.5. The molecule has 10 heteroatoms. The molecule has 0 aliphatic heterocycles. The number of nitrogens with two attached hydrogens (primary N) is 1. The number of alkyl carbamates (subject to hydrolysis) is 1. The molecular formula is C27H37N3O6S. The average Bonchev–Trinajstić information content (AvgIpc) is 3.15. The Morgan fingerprint density at radius 2 is 1.59 bits per heavy atom. The Hall–Kier alpha value is -2.95. The van der Waals surface area contributed by atoms with Crippen molar-refractivity contribution in [1.29, 1.82) is 0 Å². The van der Waals surface area contributed by atoms with Crippen LogP contribution in [0.5, 0.6) is 0 Å². The summed E-state index contributed by atoms with van der Waals surface area (Å²) in [6.07, 6.45) is 0.278. The summed E-state index contributed by atoms with van der Waals surface area (Å²) in [6.45, 7) is 5.12. The predicted molar refractivity (Wildman–Crippen MR) is 143 cm³/mol. The van der Waals surface area contributed by atoms with Crippen molar-refractivity contribution in [1.82, 2.24) is 9.62 Å². The van der Waals surface area contributed by atoms with Crippen LogP contribution in [0, 0.1) is 0 Å². The van der Waals surface area contributed by atoms with Gasteiger partial charge in [0.15, 0.2) is 0 Å². The molecule has 0 aromatic heterocycles. The number of carbonyl (C=O) groups is 2. The third-order valence-corrected chi connectivity index (χ3v) is 7.85. The molecule has 0 saturated heterocycles. The summed E-state index contributed by atoms with van der Waals surface area (Å²) in [7, 11) is -3.75. The van der Waals surface area contributed by atoms with Crippen LogP contribution in [-0.4, -0.2) is 68.9 Å². The largest absolute Gasteiger partial charge is 0.459 e. The number of carbonyl (C=O) groups excluding carboxylic acids is 2. The molecule has 2 aromatic carbocycles. The molecule has 1 aliphatic rings. The number of hydrogen-bond donors (Lipinski definition) is 2. The van der Waals surface area contributed by atoms with Gasteiger partial charge >= 0.3 is 12.1 Å². The highest BCUT2D eigenvalue weighted by Crippen LogP contribution is 2.44. The van der Waals surface area contributed by atoms with Crippen molar-refractivity contribution in [3.63, 3.8) is 0 Å². The molecule has 0 fully saturated rings. The van der Waals surface area contributed by atoms with Crippen LogP contribution in [0.2, 0.25) is 0 Å². The number of rotatable bonds is 12. The lowest BCUT2D eigenvalue weighted by molar-refractivity contribution is -0.154. The van der Waals surface area contributed by atoms with Gasteiger partial charge in [-0.15, -0.1) is 0 Å². The Morgan fingerprint density at radius 1 is 1.00 bits per heavy atom. The number of esters is 1. The van der Waals surface area contributed by atoms with E-state index < -0.39 is 34.2 Å². The quantitative estimate of drug-likeness (QED) is 0.318. The van der Waals surface area contributed by atoms with Gasteiger partial charge in [-0.05, 0) is 62.4 Å². The maximum atomic E-state index is 12.8. The van der Waals surface area contributed by atoms with E-state index in [1.54, 1.807) is 20.8 Å². The number of unbranched alkanes of at least 4 members (excludes halogenated alkanes) is 1. The van der Waals surface area contributed by atoms with E-state index in [9.17, 15) is 18.0 Å². The highest BCUT2D eigenvalue weighted by molar-refractivity contribution is 7.89. The van der Waals surface area contributed by atoms with Crippen molar-refractivity contribution >= 4 is 22.1 Å². The minimum absolute atomic E-state index is 0.0183. The van der Waals surface area contributed by atoms with Crippen LogP contribution in [0.1, 0.15) is 50.7 Å². The minimum Gasteiger partial charge on any atom is -0.459 e. The number of amides is 1. The molecular weight excluding hydrogens is 494 g/mol. The van der Waals surface area contributed by atoms with E-state index in [2.05, 4.69) is 17.4 Å². The van der Waals surface area contributed by atoms with E-state index in [4.69, 9.17) is 15.2 Å². The first-order valence-electron chi connectivity index (χ1n) is 12.5. The van der Waals surface area contributed by atoms with E-state index in [1.165, 1.54) is 0 Å². The van der Waals surface area contributed by atoms with Gasteiger partial charge in [0.05, 0.1) is 5.75 Å². The second kappa shape index (κ2) is 12.5. The number of ether oxygens (including phenoxy) is 2. The lowest BCUT2D eigenvalue weighted by atomic mass is 9.98. The standard InChI is InChI=1S/C27H37N3O6S/c1-27(2,3)36-25(31)18-30(37(33,34)17-9-8-14-28)16-15-29-26(32)35-19-24-22-12-6-4-10-20(22)21-11-5-7-13-23(21)24/h4-7,10-13,24H,8-9,14-19,28H2,1-3H3,(H,29,32). The van der Waals surface area contributed by atoms with Crippen molar-refractivity contribution in [2.24, 2.45) is 5.73 Å². The van der Waals surface area contributed by atoms with Gasteiger partial charge in [-0.3, -0.25) is 4.79 Å². The summed E-state index contributed by atoms with van der Waals surface area (Å²) in [6, 6.07) is 16.1. The molecule has 0 spiro atoms. The fourth-order valence-electron chi connectivity index (χ4n) is 4.32. The normalized spacial score (nSPS) is 13.2. The molecule has 202 valence electrons. The van der Waals surface area contributed by atoms with Gasteiger partial charge in [0.1, 0.15) is 18.8 Å². The second-order valence-electron chi connectivity index (χ2n) is 9.98. The maximum absolute atomic E-state index is 12.8. The number of fused-ring (bicyclic) bond motifs is 3. The highest BCUT2D eigenvalue weighted by Gasteiger charge is 2.30. The lowest BCUT2D eigenvalue weighted by Gasteiger charge is -2.25. The van der Waals surface area contributed by atoms with E-state index in [0.717, 1.165) is 26.6 Å². The third-order valence-electron chi connectivity index (χ3n) is 5.95. The smallest absolute Gasteiger partial charge is 0.407 e. The average molecular weight is 532 g/mol. The molecule has 0 unspecified atom stereocenters. The topological polar surface area (TPSA) is 128 Å². The molecule has 37 heavy (non-hydrogen) atoms. The molecule has 0 heterocycles. The maximum Gasteiger partial charge on any atom is 0.407 e. The minimum atomic E-state index is -3.75. The van der Waals surface area contributed by atoms with Gasteiger partial charge in [0.25, 0.3) is 0 Å². The van der Waals surface area contributed by atoms with Crippen LogP contribution in [0.3, 0.4) is 0 Å². The molecule has 0 atom stereocenters. The number of sulfonamides is 1. The predicted octanol–water partition coefficient (Wildman–Crippen LogP) is 3.24. The van der Waals surface area contributed by atoms with Crippen LogP contribution in [0.25, 0.3) is 11.1 Å². The van der Waals surface area contributed by atoms with Crippen molar-refractivity contribution in [2.45, 2.75) is 45.1 Å². The summed E-state index contributed by atoms with van der Waals surface area (Å²) in [5, 5.41) is 2.61. The zero-order chi connectivity index (χ0) is 27.1. The van der Waals surface area contributed by atoms with Crippen LogP contribution < -0.4 is 11.1 Å². The number of nitrogens with one attached hydrogen (secondary N) is 1. The van der Waals surface area contributed by atoms with Crippen LogP contribution >= 0.6 is 0 Å². The van der Waals surface area contributed by atoms with Gasteiger partial charge in [0.2, 0.25) is 10.0 Å². The molecule has 3 N–H and O–H groups in total. The summed E-state index contributed by atoms with van der Waals surface area (Å²) in [5.74, 6) is -0.876. The van der Waals surface area contributed by atoms with Gasteiger partial charge in [-0.2, -0.15) is 4.31 Å². The Bertz CT molecular complexity index is 1150. The Balaban J connectivity index is 1.57. The molecule has 2 aromatic rings. The molecule has 3 rings (SSSR count). The summed E-state index contributed by atoms with van der Waals surface area (Å²) < 4.78 is 37.5. The van der Waals surface area contributed by atoms with E-state index in [-0.39, 0.29) is 31.4 Å². The molecule has 9 nitrogen and oxygen atoms in total. The molecule has 0 saturated carbocycles. The van der Waals surface area contributed by atoms with Crippen LogP contribution in [-0.2, 0) is 24.3 Å². The zero-order valence-electron chi connectivity index (χ0n) is 21.7. The zero-order valence-corrected chi connectivity index (χ0v) is 22.6. The second-order valence-corrected chi connectivity index (χ2v) is 12.1. The fraction of sp³-hybridized carbons (Fsp3) is 0.481. The fourth-order valence-corrected chi connectivity index (χ4v) is 5.82. The Kier molecular flexibility index (Phi) is 9.69. The van der Waals surface area contributed by atoms with Crippen LogP contribution in [0.15, 0.2) is 48.5 Å². The van der Waals surface area contributed by atoms with E-state index >= 15 is 0 Å². The van der Waals surface area contributed by atoms with Gasteiger partial charge in [0, 0.05) is 19.0 Å². The first kappa shape index (κ1) is 28.6. The molecule has 0 radical (unpaired) electrons. The monoisotopic (exact) mass is 531 g/mol. The Morgan fingerprint density at radius 3 is 2.16 bits per heavy atom. The van der Waals surface area contributed by atoms with Crippen molar-refractivity contribution in [3.8, 4) is 11.1 Å². The summed E-state index contributed by atoms with van der Waals surface area (Å²) >= 11 is 0. The Labute approximate surface area is 219 Å². The van der Waals surface area contributed by atoms with Crippen LogP contribution in [0.4, 0.5) is 4.79 Å². The first-order valence-corrected chi connectivity index (χ1v) is 14.1. The SMILES string of the molecule is CC(C)(C)OC(=O)CN(CCNC(=O)OCC1c2ccccc2-c2ccccc21)S(=O)(=O)CCCCN. The van der Waals surface area contributed by atoms with E-state index in [1.807, 2.05) is 36.4 Å². The van der Waals surface area contributed by atoms with Crippen molar-refractivity contribution in [2.75, 3.05) is 38.5 Å². The third kappa shape index (κ3) is 8.02. The number of hydrogen-bond acceptors (Lipinski definition) is 7. The number of benzene rings is 2. The summed E-state index contributed by atoms with van der Waals surface area (Å²) in [4.78, 5) is 24.8. The number of nitrogens with zero attached hydrogens (tertiary/aromatic N) is 1.